The predicted molar refractivity (Wildman–Crippen MR) is 297 cm³/mol. The number of amides is 2. The topological polar surface area (TPSA) is 175 Å². The second kappa shape index (κ2) is 32.5. The van der Waals surface area contributed by atoms with Gasteiger partial charge in [-0.2, -0.15) is 8.61 Å². The molecule has 4 heterocycles. The van der Waals surface area contributed by atoms with E-state index >= 15 is 0 Å². The second-order valence-electron chi connectivity index (χ2n) is 19.1. The maximum absolute atomic E-state index is 13.2. The zero-order valence-corrected chi connectivity index (χ0v) is 47.2. The average molecular weight is 1090 g/mol. The van der Waals surface area contributed by atoms with Gasteiger partial charge in [0.25, 0.3) is 31.9 Å². The van der Waals surface area contributed by atoms with Crippen molar-refractivity contribution in [1.29, 1.82) is 0 Å². The van der Waals surface area contributed by atoms with E-state index < -0.39 is 20.0 Å². The van der Waals surface area contributed by atoms with E-state index in [0.29, 0.717) is 69.3 Å². The fraction of sp³-hybridized carbons (Fsp3) is 0.600. The minimum atomic E-state index is -3.51. The largest absolute Gasteiger partial charge is 0.497 e. The molecule has 2 fully saturated rings. The first-order valence-corrected chi connectivity index (χ1v) is 31.4. The lowest BCUT2D eigenvalue weighted by Crippen LogP contribution is -2.44. The molecule has 2 aliphatic heterocycles. The Kier molecular flexibility index (Phi) is 26.7. The molecular formula is C55H84N6O8S4. The van der Waals surface area contributed by atoms with Crippen LogP contribution in [0.4, 0.5) is 0 Å². The Morgan fingerprint density at radius 3 is 1.23 bits per heavy atom. The van der Waals surface area contributed by atoms with Crippen molar-refractivity contribution in [2.45, 2.75) is 169 Å². The quantitative estimate of drug-likeness (QED) is 0.0355. The van der Waals surface area contributed by atoms with E-state index in [1.165, 1.54) is 119 Å². The number of rotatable bonds is 31. The van der Waals surface area contributed by atoms with Crippen LogP contribution < -0.4 is 30.7 Å². The minimum Gasteiger partial charge on any atom is -0.497 e. The Labute approximate surface area is 445 Å². The molecule has 0 radical (unpaired) electrons. The van der Waals surface area contributed by atoms with Crippen LogP contribution in [0.25, 0.3) is 0 Å². The number of sulfonamides is 2. The van der Waals surface area contributed by atoms with E-state index in [-0.39, 0.29) is 24.9 Å². The van der Waals surface area contributed by atoms with Gasteiger partial charge in [-0.3, -0.25) is 9.59 Å². The maximum atomic E-state index is 13.2. The highest BCUT2D eigenvalue weighted by molar-refractivity contribution is 7.91. The first-order valence-electron chi connectivity index (χ1n) is 26.9. The predicted octanol–water partition coefficient (Wildman–Crippen LogP) is 10.8. The van der Waals surface area contributed by atoms with Crippen molar-refractivity contribution in [3.05, 3.63) is 93.7 Å². The molecule has 2 saturated heterocycles. The molecule has 2 aromatic carbocycles. The molecule has 0 saturated carbocycles. The summed E-state index contributed by atoms with van der Waals surface area (Å²) in [7, 11) is -3.91. The average Bonchev–Trinajstić information content (AvgIpc) is 4.12. The van der Waals surface area contributed by atoms with Crippen molar-refractivity contribution in [3.8, 4) is 11.5 Å². The number of hydrogen-bond donors (Lipinski definition) is 4. The van der Waals surface area contributed by atoms with Crippen molar-refractivity contribution in [1.82, 2.24) is 29.9 Å². The van der Waals surface area contributed by atoms with E-state index in [1.54, 1.807) is 95.6 Å². The number of benzene rings is 2. The standard InChI is InChI=1S/C28H43N3O4S2.C27H41N3O4S2/c1-3-4-5-6-7-8-9-10-18-29-24-16-19-31(20-17-24)37(33,34)27-15-14-26(36-27)22-30-28(32)23-12-11-13-25(21-23)35-2;1-3-4-5-6-7-8-9-17-28-23-15-18-30(19-16-23)36(32,33)26-14-13-25(35-26)21-29-27(31)22-11-10-12-24(20-22)34-2/h11-15,21,24,29H,3-10,16-20,22H2,1-2H3,(H,30,32);10-14,20,23,28H,3-9,15-19,21H2,1-2H3,(H,29,31). The normalized spacial score (nSPS) is 15.1. The fourth-order valence-electron chi connectivity index (χ4n) is 9.06. The maximum Gasteiger partial charge on any atom is 0.252 e. The van der Waals surface area contributed by atoms with Crippen LogP contribution in [0.3, 0.4) is 0 Å². The molecule has 406 valence electrons. The van der Waals surface area contributed by atoms with Crippen LogP contribution in [0, 0.1) is 0 Å². The van der Waals surface area contributed by atoms with Crippen molar-refractivity contribution in [2.24, 2.45) is 0 Å². The highest BCUT2D eigenvalue weighted by Crippen LogP contribution is 2.29. The number of nitrogens with one attached hydrogen (secondary N) is 4. The van der Waals surface area contributed by atoms with Gasteiger partial charge in [0, 0.05) is 59.1 Å². The Morgan fingerprint density at radius 2 is 0.877 bits per heavy atom. The van der Waals surface area contributed by atoms with Crippen molar-refractivity contribution >= 4 is 54.5 Å². The summed E-state index contributed by atoms with van der Waals surface area (Å²) < 4.78 is 66.9. The number of unbranched alkanes of at least 4 members (excludes halogenated alkanes) is 13. The Hall–Kier alpha value is -3.88. The highest BCUT2D eigenvalue weighted by Gasteiger charge is 2.32. The molecule has 6 rings (SSSR count). The Morgan fingerprint density at radius 1 is 0.521 bits per heavy atom. The van der Waals surface area contributed by atoms with Crippen LogP contribution >= 0.6 is 22.7 Å². The number of methoxy groups -OCH3 is 2. The number of carbonyl (C=O) groups is 2. The summed E-state index contributed by atoms with van der Waals surface area (Å²) in [5, 5.41) is 13.0. The molecule has 73 heavy (non-hydrogen) atoms. The van der Waals surface area contributed by atoms with Crippen molar-refractivity contribution in [2.75, 3.05) is 53.5 Å². The molecule has 0 atom stereocenters. The van der Waals surface area contributed by atoms with Gasteiger partial charge in [-0.25, -0.2) is 16.8 Å². The Bertz CT molecular complexity index is 2450. The molecule has 0 unspecified atom stereocenters. The summed E-state index contributed by atoms with van der Waals surface area (Å²) in [5.74, 6) is 0.782. The number of ether oxygens (including phenoxy) is 2. The highest BCUT2D eigenvalue weighted by atomic mass is 32.3. The van der Waals surface area contributed by atoms with Gasteiger partial charge in [-0.15, -0.1) is 22.7 Å². The van der Waals surface area contributed by atoms with Crippen molar-refractivity contribution < 1.29 is 35.9 Å². The van der Waals surface area contributed by atoms with Gasteiger partial charge in [-0.05, 0) is 112 Å². The first kappa shape index (κ1) is 60.0. The molecule has 4 N–H and O–H groups in total. The first-order chi connectivity index (χ1) is 35.4. The van der Waals surface area contributed by atoms with Crippen LogP contribution in [0.5, 0.6) is 11.5 Å². The van der Waals surface area contributed by atoms with E-state index in [9.17, 15) is 26.4 Å². The lowest BCUT2D eigenvalue weighted by atomic mass is 10.1. The van der Waals surface area contributed by atoms with Crippen LogP contribution in [-0.2, 0) is 33.1 Å². The lowest BCUT2D eigenvalue weighted by Gasteiger charge is -2.31. The van der Waals surface area contributed by atoms with Gasteiger partial charge >= 0.3 is 0 Å². The van der Waals surface area contributed by atoms with E-state index in [1.807, 2.05) is 0 Å². The van der Waals surface area contributed by atoms with Gasteiger partial charge < -0.3 is 30.7 Å². The number of hydrogen-bond acceptors (Lipinski definition) is 12. The molecule has 0 spiro atoms. The van der Waals surface area contributed by atoms with Gasteiger partial charge in [-0.1, -0.05) is 109 Å². The third kappa shape index (κ3) is 20.3. The van der Waals surface area contributed by atoms with Crippen LogP contribution in [-0.4, -0.2) is 103 Å². The molecule has 2 aliphatic rings. The molecule has 0 aliphatic carbocycles. The summed E-state index contributed by atoms with van der Waals surface area (Å²) >= 11 is 2.44. The number of nitrogens with zero attached hydrogens (tertiary/aromatic N) is 2. The molecule has 4 aromatic rings. The molecular weight excluding hydrogens is 1000 g/mol. The summed E-state index contributed by atoms with van der Waals surface area (Å²) in [6.45, 7) is 9.23. The summed E-state index contributed by atoms with van der Waals surface area (Å²) in [4.78, 5) is 26.5. The Balaban J connectivity index is 0.000000271. The molecule has 18 heteroatoms. The second-order valence-corrected chi connectivity index (χ2v) is 25.8. The van der Waals surface area contributed by atoms with Gasteiger partial charge in [0.05, 0.1) is 27.3 Å². The molecule has 14 nitrogen and oxygen atoms in total. The van der Waals surface area contributed by atoms with Crippen molar-refractivity contribution in [3.63, 3.8) is 0 Å². The van der Waals surface area contributed by atoms with E-state index in [2.05, 4.69) is 35.1 Å². The summed E-state index contributed by atoms with van der Waals surface area (Å²) in [5.41, 5.74) is 1.00. The third-order valence-electron chi connectivity index (χ3n) is 13.6. The van der Waals surface area contributed by atoms with E-state index in [4.69, 9.17) is 9.47 Å². The number of piperidine rings is 2. The number of thiophene rings is 2. The monoisotopic (exact) mass is 1080 g/mol. The minimum absolute atomic E-state index is 0.224. The third-order valence-corrected chi connectivity index (χ3v) is 20.5. The number of carbonyl (C=O) groups excluding carboxylic acids is 2. The molecule has 0 bridgehead atoms. The van der Waals surface area contributed by atoms with Gasteiger partial charge in [0.15, 0.2) is 0 Å². The van der Waals surface area contributed by atoms with Gasteiger partial charge in [0.1, 0.15) is 19.9 Å². The SMILES string of the molecule is CCCCCCCCCCNC1CCN(S(=O)(=O)c2ccc(CNC(=O)c3cccc(OC)c3)s2)CC1.CCCCCCCCCNC1CCN(S(=O)(=O)c2ccc(CNC(=O)c3cccc(OC)c3)s2)CC1. The van der Waals surface area contributed by atoms with E-state index in [0.717, 1.165) is 48.5 Å². The molecule has 2 amide bonds. The lowest BCUT2D eigenvalue weighted by molar-refractivity contribution is 0.0943. The van der Waals surface area contributed by atoms with Crippen LogP contribution in [0.2, 0.25) is 0 Å². The zero-order chi connectivity index (χ0) is 52.3. The fourth-order valence-corrected chi connectivity index (χ4v) is 14.9. The van der Waals surface area contributed by atoms with Crippen LogP contribution in [0.1, 0.15) is 166 Å². The summed E-state index contributed by atoms with van der Waals surface area (Å²) in [6, 6.07) is 21.5. The van der Waals surface area contributed by atoms with Crippen LogP contribution in [0.15, 0.2) is 81.2 Å². The van der Waals surface area contributed by atoms with Gasteiger partial charge in [0.2, 0.25) is 0 Å². The smallest absolute Gasteiger partial charge is 0.252 e. The summed E-state index contributed by atoms with van der Waals surface area (Å²) in [6.07, 6.45) is 22.9. The molecule has 2 aromatic heterocycles. The zero-order valence-electron chi connectivity index (χ0n) is 44.0.